The average molecular weight is 210 g/mol. The first-order chi connectivity index (χ1) is 7.31. The number of hydrazine groups is 1. The van der Waals surface area contributed by atoms with E-state index in [-0.39, 0.29) is 6.04 Å². The van der Waals surface area contributed by atoms with Crippen molar-refractivity contribution in [2.75, 3.05) is 13.2 Å². The van der Waals surface area contributed by atoms with Crippen molar-refractivity contribution in [3.05, 3.63) is 23.7 Å². The minimum absolute atomic E-state index is 0.0685. The summed E-state index contributed by atoms with van der Waals surface area (Å²) >= 11 is 0. The molecule has 1 aliphatic rings. The number of hydrogen-bond donors (Lipinski definition) is 2. The number of nitrogens with one attached hydrogen (secondary N) is 1. The summed E-state index contributed by atoms with van der Waals surface area (Å²) in [7, 11) is 0. The van der Waals surface area contributed by atoms with Crippen molar-refractivity contribution < 1.29 is 9.15 Å². The van der Waals surface area contributed by atoms with Crippen LogP contribution >= 0.6 is 0 Å². The molecule has 0 bridgehead atoms. The zero-order valence-corrected chi connectivity index (χ0v) is 9.03. The largest absolute Gasteiger partial charge is 0.465 e. The van der Waals surface area contributed by atoms with E-state index in [9.17, 15) is 0 Å². The fourth-order valence-corrected chi connectivity index (χ4v) is 2.10. The second kappa shape index (κ2) is 4.79. The van der Waals surface area contributed by atoms with Gasteiger partial charge in [0.2, 0.25) is 0 Å². The molecule has 2 heterocycles. The van der Waals surface area contributed by atoms with Gasteiger partial charge < -0.3 is 9.15 Å². The lowest BCUT2D eigenvalue weighted by molar-refractivity contribution is 0.0354. The Hall–Kier alpha value is -0.840. The van der Waals surface area contributed by atoms with Crippen molar-refractivity contribution in [1.82, 2.24) is 5.43 Å². The number of furan rings is 1. The fourth-order valence-electron chi connectivity index (χ4n) is 2.10. The van der Waals surface area contributed by atoms with E-state index in [1.54, 1.807) is 0 Å². The number of nitrogens with two attached hydrogens (primary N) is 1. The molecule has 15 heavy (non-hydrogen) atoms. The average Bonchev–Trinajstić information content (AvgIpc) is 2.68. The highest BCUT2D eigenvalue weighted by atomic mass is 16.5. The van der Waals surface area contributed by atoms with E-state index in [2.05, 4.69) is 5.43 Å². The summed E-state index contributed by atoms with van der Waals surface area (Å²) in [6.45, 7) is 3.56. The van der Waals surface area contributed by atoms with E-state index in [1.165, 1.54) is 0 Å². The SMILES string of the molecule is Cc1ccc(C(NN)C2CCCOC2)o1. The molecule has 2 unspecified atom stereocenters. The Morgan fingerprint density at radius 3 is 2.93 bits per heavy atom. The van der Waals surface area contributed by atoms with E-state index in [1.807, 2.05) is 19.1 Å². The zero-order valence-electron chi connectivity index (χ0n) is 9.03. The summed E-state index contributed by atoms with van der Waals surface area (Å²) in [4.78, 5) is 0. The van der Waals surface area contributed by atoms with E-state index in [4.69, 9.17) is 15.0 Å². The van der Waals surface area contributed by atoms with Crippen molar-refractivity contribution >= 4 is 0 Å². The highest BCUT2D eigenvalue weighted by molar-refractivity contribution is 5.10. The third kappa shape index (κ3) is 2.40. The molecule has 0 aliphatic carbocycles. The van der Waals surface area contributed by atoms with Gasteiger partial charge in [0.1, 0.15) is 11.5 Å². The second-order valence-electron chi connectivity index (χ2n) is 4.07. The van der Waals surface area contributed by atoms with Crippen LogP contribution in [-0.2, 0) is 4.74 Å². The molecule has 1 saturated heterocycles. The smallest absolute Gasteiger partial charge is 0.122 e. The molecular formula is C11H18N2O2. The van der Waals surface area contributed by atoms with Gasteiger partial charge in [0.25, 0.3) is 0 Å². The van der Waals surface area contributed by atoms with E-state index in [0.717, 1.165) is 37.6 Å². The predicted octanol–water partition coefficient (Wildman–Crippen LogP) is 1.52. The number of rotatable bonds is 3. The van der Waals surface area contributed by atoms with E-state index < -0.39 is 0 Å². The molecule has 4 nitrogen and oxygen atoms in total. The molecule has 3 N–H and O–H groups in total. The van der Waals surface area contributed by atoms with Crippen LogP contribution in [0.4, 0.5) is 0 Å². The quantitative estimate of drug-likeness (QED) is 0.586. The van der Waals surface area contributed by atoms with Crippen LogP contribution in [0.3, 0.4) is 0 Å². The van der Waals surface area contributed by atoms with Gasteiger partial charge in [-0.2, -0.15) is 0 Å². The first kappa shape index (κ1) is 10.7. The maximum atomic E-state index is 5.59. The summed E-state index contributed by atoms with van der Waals surface area (Å²) in [6, 6.07) is 4.01. The van der Waals surface area contributed by atoms with Gasteiger partial charge in [0.05, 0.1) is 12.6 Å². The number of aryl methyl sites for hydroxylation is 1. The Balaban J connectivity index is 2.08. The van der Waals surface area contributed by atoms with Crippen molar-refractivity contribution in [2.24, 2.45) is 11.8 Å². The van der Waals surface area contributed by atoms with Crippen LogP contribution in [0.2, 0.25) is 0 Å². The monoisotopic (exact) mass is 210 g/mol. The first-order valence-electron chi connectivity index (χ1n) is 5.41. The summed E-state index contributed by atoms with van der Waals surface area (Å²) in [6.07, 6.45) is 2.23. The van der Waals surface area contributed by atoms with Gasteiger partial charge in [-0.25, -0.2) is 5.43 Å². The van der Waals surface area contributed by atoms with Gasteiger partial charge in [-0.15, -0.1) is 0 Å². The fraction of sp³-hybridized carbons (Fsp3) is 0.636. The molecule has 1 aromatic heterocycles. The number of hydrogen-bond acceptors (Lipinski definition) is 4. The predicted molar refractivity (Wildman–Crippen MR) is 57.1 cm³/mol. The second-order valence-corrected chi connectivity index (χ2v) is 4.07. The molecule has 0 spiro atoms. The van der Waals surface area contributed by atoms with Crippen molar-refractivity contribution in [2.45, 2.75) is 25.8 Å². The van der Waals surface area contributed by atoms with Gasteiger partial charge in [-0.05, 0) is 31.9 Å². The van der Waals surface area contributed by atoms with E-state index in [0.29, 0.717) is 5.92 Å². The zero-order chi connectivity index (χ0) is 10.7. The third-order valence-electron chi connectivity index (χ3n) is 2.91. The molecule has 1 aromatic rings. The Labute approximate surface area is 89.7 Å². The maximum Gasteiger partial charge on any atom is 0.122 e. The lowest BCUT2D eigenvalue weighted by Gasteiger charge is -2.28. The molecule has 2 rings (SSSR count). The van der Waals surface area contributed by atoms with Gasteiger partial charge in [0, 0.05) is 12.5 Å². The van der Waals surface area contributed by atoms with E-state index >= 15 is 0 Å². The molecular weight excluding hydrogens is 192 g/mol. The lowest BCUT2D eigenvalue weighted by atomic mass is 9.92. The molecule has 2 atom stereocenters. The summed E-state index contributed by atoms with van der Waals surface area (Å²) in [5, 5.41) is 0. The Bertz CT molecular complexity index is 305. The molecule has 0 saturated carbocycles. The molecule has 1 fully saturated rings. The van der Waals surface area contributed by atoms with Crippen LogP contribution in [0.25, 0.3) is 0 Å². The van der Waals surface area contributed by atoms with Crippen LogP contribution in [-0.4, -0.2) is 13.2 Å². The summed E-state index contributed by atoms with van der Waals surface area (Å²) in [5.41, 5.74) is 2.83. The molecule has 4 heteroatoms. The van der Waals surface area contributed by atoms with Gasteiger partial charge >= 0.3 is 0 Å². The van der Waals surface area contributed by atoms with Crippen LogP contribution in [0.5, 0.6) is 0 Å². The topological polar surface area (TPSA) is 60.4 Å². The molecule has 0 radical (unpaired) electrons. The lowest BCUT2D eigenvalue weighted by Crippen LogP contribution is -2.37. The molecule has 0 aromatic carbocycles. The Kier molecular flexibility index (Phi) is 3.41. The molecule has 0 amide bonds. The standard InChI is InChI=1S/C11H18N2O2/c1-8-4-5-10(15-8)11(13-12)9-3-2-6-14-7-9/h4-5,9,11,13H,2-3,6-7,12H2,1H3. The van der Waals surface area contributed by atoms with Gasteiger partial charge in [-0.1, -0.05) is 0 Å². The Morgan fingerprint density at radius 1 is 1.53 bits per heavy atom. The minimum atomic E-state index is 0.0685. The van der Waals surface area contributed by atoms with Crippen LogP contribution in [0.1, 0.15) is 30.4 Å². The van der Waals surface area contributed by atoms with Crippen LogP contribution in [0.15, 0.2) is 16.5 Å². The van der Waals surface area contributed by atoms with Crippen LogP contribution in [0, 0.1) is 12.8 Å². The van der Waals surface area contributed by atoms with Crippen LogP contribution < -0.4 is 11.3 Å². The van der Waals surface area contributed by atoms with Gasteiger partial charge in [0.15, 0.2) is 0 Å². The first-order valence-corrected chi connectivity index (χ1v) is 5.41. The normalized spacial score (nSPS) is 24.0. The van der Waals surface area contributed by atoms with Crippen molar-refractivity contribution in [3.8, 4) is 0 Å². The van der Waals surface area contributed by atoms with Gasteiger partial charge in [-0.3, -0.25) is 5.84 Å². The maximum absolute atomic E-state index is 5.59. The third-order valence-corrected chi connectivity index (χ3v) is 2.91. The summed E-state index contributed by atoms with van der Waals surface area (Å²) < 4.78 is 11.0. The highest BCUT2D eigenvalue weighted by Gasteiger charge is 2.26. The van der Waals surface area contributed by atoms with Crippen molar-refractivity contribution in [3.63, 3.8) is 0 Å². The minimum Gasteiger partial charge on any atom is -0.465 e. The summed E-state index contributed by atoms with van der Waals surface area (Å²) in [5.74, 6) is 7.82. The Morgan fingerprint density at radius 2 is 2.40 bits per heavy atom. The highest BCUT2D eigenvalue weighted by Crippen LogP contribution is 2.29. The molecule has 84 valence electrons. The van der Waals surface area contributed by atoms with Crippen molar-refractivity contribution in [1.29, 1.82) is 0 Å². The number of ether oxygens (including phenoxy) is 1. The molecule has 1 aliphatic heterocycles.